The Morgan fingerprint density at radius 1 is 1.32 bits per heavy atom. The van der Waals surface area contributed by atoms with E-state index in [0.29, 0.717) is 12.8 Å². The van der Waals surface area contributed by atoms with Gasteiger partial charge in [-0.2, -0.15) is 22.8 Å². The van der Waals surface area contributed by atoms with Gasteiger partial charge in [0.25, 0.3) is 0 Å². The second kappa shape index (κ2) is 5.61. The van der Waals surface area contributed by atoms with Gasteiger partial charge in [0.2, 0.25) is 11.2 Å². The van der Waals surface area contributed by atoms with E-state index < -0.39 is 45.8 Å². The van der Waals surface area contributed by atoms with E-state index in [0.717, 1.165) is 18.6 Å². The van der Waals surface area contributed by atoms with Crippen molar-refractivity contribution in [2.75, 3.05) is 12.4 Å². The highest BCUT2D eigenvalue weighted by molar-refractivity contribution is 5.97. The summed E-state index contributed by atoms with van der Waals surface area (Å²) in [6.07, 6.45) is -2.76. The van der Waals surface area contributed by atoms with Crippen LogP contribution in [0.1, 0.15) is 24.4 Å². The number of ether oxygens (including phenoxy) is 1. The van der Waals surface area contributed by atoms with Gasteiger partial charge in [-0.05, 0) is 12.8 Å². The monoisotopic (exact) mass is 359 g/mol. The Labute approximate surface area is 137 Å². The minimum absolute atomic E-state index is 0.243. The van der Waals surface area contributed by atoms with Crippen LogP contribution >= 0.6 is 0 Å². The summed E-state index contributed by atoms with van der Waals surface area (Å²) < 4.78 is 72.8. The van der Waals surface area contributed by atoms with Crippen molar-refractivity contribution in [3.05, 3.63) is 33.6 Å². The van der Waals surface area contributed by atoms with Crippen molar-refractivity contribution < 1.29 is 26.7 Å². The number of halogens is 5. The Kier molecular flexibility index (Phi) is 3.82. The van der Waals surface area contributed by atoms with Crippen molar-refractivity contribution >= 4 is 16.6 Å². The number of aromatic nitrogens is 1. The van der Waals surface area contributed by atoms with Crippen molar-refractivity contribution in [1.29, 1.82) is 5.26 Å². The van der Waals surface area contributed by atoms with E-state index in [1.807, 2.05) is 0 Å². The minimum atomic E-state index is -5.12. The van der Waals surface area contributed by atoms with Crippen LogP contribution < -0.4 is 15.5 Å². The van der Waals surface area contributed by atoms with Crippen molar-refractivity contribution in [2.45, 2.75) is 25.2 Å². The summed E-state index contributed by atoms with van der Waals surface area (Å²) in [6.45, 7) is 0. The molecular formula is C15H10F5N3O2. The van der Waals surface area contributed by atoms with Gasteiger partial charge in [0, 0.05) is 12.2 Å². The third-order valence-electron chi connectivity index (χ3n) is 3.84. The Hall–Kier alpha value is -2.83. The summed E-state index contributed by atoms with van der Waals surface area (Å²) in [5, 5.41) is 9.16. The lowest BCUT2D eigenvalue weighted by Crippen LogP contribution is -2.25. The largest absolute Gasteiger partial charge is 0.491 e. The molecular weight excluding hydrogens is 349 g/mol. The van der Waals surface area contributed by atoms with Crippen molar-refractivity contribution in [3.8, 4) is 11.8 Å². The van der Waals surface area contributed by atoms with Crippen molar-refractivity contribution in [3.63, 3.8) is 0 Å². The highest BCUT2D eigenvalue weighted by Crippen LogP contribution is 2.43. The lowest BCUT2D eigenvalue weighted by molar-refractivity contribution is -0.100. The SMILES string of the molecule is COc1c(F)c(F)c(NC(F)(F)F)c2c(=O)c(C#N)cn(C3CC3)c12. The lowest BCUT2D eigenvalue weighted by Gasteiger charge is -2.19. The molecule has 0 atom stereocenters. The standard InChI is InChI=1S/C15H10F5N3O2/c1-25-14-10(17)9(16)11(22-15(18,19)20)8-12(14)23(7-2-3-7)5-6(4-21)13(8)24/h5,7,22H,2-3H2,1H3. The molecule has 3 rings (SSSR count). The first kappa shape index (κ1) is 17.0. The number of anilines is 1. The summed E-state index contributed by atoms with van der Waals surface area (Å²) in [7, 11) is 1.01. The molecule has 10 heteroatoms. The van der Waals surface area contributed by atoms with Gasteiger partial charge in [0.15, 0.2) is 11.6 Å². The maximum Gasteiger partial charge on any atom is 0.482 e. The number of benzene rings is 1. The van der Waals surface area contributed by atoms with Gasteiger partial charge in [-0.1, -0.05) is 0 Å². The van der Waals surface area contributed by atoms with Crippen molar-refractivity contribution in [1.82, 2.24) is 4.57 Å². The first-order chi connectivity index (χ1) is 11.7. The predicted molar refractivity (Wildman–Crippen MR) is 77.3 cm³/mol. The fourth-order valence-corrected chi connectivity index (χ4v) is 2.69. The van der Waals surface area contributed by atoms with Crippen LogP contribution in [-0.4, -0.2) is 18.0 Å². The second-order valence-electron chi connectivity index (χ2n) is 5.50. The molecule has 0 spiro atoms. The van der Waals surface area contributed by atoms with Crippen molar-refractivity contribution in [2.24, 2.45) is 0 Å². The van der Waals surface area contributed by atoms with E-state index in [-0.39, 0.29) is 11.6 Å². The number of rotatable bonds is 3. The van der Waals surface area contributed by atoms with Crippen LogP contribution in [0.3, 0.4) is 0 Å². The zero-order valence-electron chi connectivity index (χ0n) is 12.7. The number of nitrogens with zero attached hydrogens (tertiary/aromatic N) is 2. The third kappa shape index (κ3) is 2.75. The Morgan fingerprint density at radius 2 is 1.96 bits per heavy atom. The fraction of sp³-hybridized carbons (Fsp3) is 0.333. The fourth-order valence-electron chi connectivity index (χ4n) is 2.69. The van der Waals surface area contributed by atoms with Crippen LogP contribution in [0, 0.1) is 23.0 Å². The molecule has 132 valence electrons. The van der Waals surface area contributed by atoms with E-state index in [1.165, 1.54) is 4.57 Å². The van der Waals surface area contributed by atoms with Crippen LogP contribution in [0.25, 0.3) is 10.9 Å². The lowest BCUT2D eigenvalue weighted by atomic mass is 10.1. The van der Waals surface area contributed by atoms with Crippen LogP contribution in [0.2, 0.25) is 0 Å². The third-order valence-corrected chi connectivity index (χ3v) is 3.84. The topological polar surface area (TPSA) is 67.0 Å². The summed E-state index contributed by atoms with van der Waals surface area (Å²) in [5.74, 6) is -4.25. The van der Waals surface area contributed by atoms with E-state index in [1.54, 1.807) is 6.07 Å². The van der Waals surface area contributed by atoms with Gasteiger partial charge in [-0.3, -0.25) is 10.1 Å². The van der Waals surface area contributed by atoms with Crippen LogP contribution in [-0.2, 0) is 0 Å². The number of hydrogen-bond acceptors (Lipinski definition) is 4. The summed E-state index contributed by atoms with van der Waals surface area (Å²) in [6, 6.07) is 1.33. The normalized spacial score (nSPS) is 14.4. The Bertz CT molecular complexity index is 971. The molecule has 25 heavy (non-hydrogen) atoms. The molecule has 2 aromatic rings. The van der Waals surface area contributed by atoms with Crippen LogP contribution in [0.5, 0.6) is 5.75 Å². The summed E-state index contributed by atoms with van der Waals surface area (Å²) >= 11 is 0. The molecule has 0 radical (unpaired) electrons. The Balaban J connectivity index is 2.55. The van der Waals surface area contributed by atoms with Gasteiger partial charge < -0.3 is 9.30 Å². The molecule has 0 saturated heterocycles. The zero-order valence-corrected chi connectivity index (χ0v) is 12.7. The quantitative estimate of drug-likeness (QED) is 0.674. The zero-order chi connectivity index (χ0) is 18.5. The number of pyridine rings is 1. The molecule has 0 amide bonds. The van der Waals surface area contributed by atoms with Gasteiger partial charge in [0.1, 0.15) is 17.1 Å². The molecule has 1 aromatic heterocycles. The van der Waals surface area contributed by atoms with Gasteiger partial charge in [0.05, 0.1) is 18.2 Å². The molecule has 1 N–H and O–H groups in total. The van der Waals surface area contributed by atoms with E-state index in [9.17, 15) is 26.7 Å². The number of hydrogen-bond donors (Lipinski definition) is 1. The maximum atomic E-state index is 14.3. The average Bonchev–Trinajstić information content (AvgIpc) is 3.36. The molecule has 1 aliphatic rings. The smallest absolute Gasteiger partial charge is 0.482 e. The molecule has 5 nitrogen and oxygen atoms in total. The number of fused-ring (bicyclic) bond motifs is 1. The van der Waals surface area contributed by atoms with Gasteiger partial charge >= 0.3 is 6.30 Å². The molecule has 1 aliphatic carbocycles. The van der Waals surface area contributed by atoms with E-state index >= 15 is 0 Å². The number of nitrogens with one attached hydrogen (secondary N) is 1. The molecule has 1 saturated carbocycles. The van der Waals surface area contributed by atoms with E-state index in [4.69, 9.17) is 10.00 Å². The number of nitriles is 1. The highest BCUT2D eigenvalue weighted by atomic mass is 19.4. The minimum Gasteiger partial charge on any atom is -0.491 e. The van der Waals surface area contributed by atoms with Crippen LogP contribution in [0.15, 0.2) is 11.0 Å². The molecule has 0 bridgehead atoms. The number of alkyl halides is 3. The first-order valence-corrected chi connectivity index (χ1v) is 7.08. The molecule has 1 heterocycles. The summed E-state index contributed by atoms with van der Waals surface area (Å²) in [4.78, 5) is 12.4. The number of methoxy groups -OCH3 is 1. The van der Waals surface area contributed by atoms with E-state index in [2.05, 4.69) is 0 Å². The average molecular weight is 359 g/mol. The maximum absolute atomic E-state index is 14.3. The van der Waals surface area contributed by atoms with Gasteiger partial charge in [-0.15, -0.1) is 0 Å². The first-order valence-electron chi connectivity index (χ1n) is 7.08. The molecule has 1 fully saturated rings. The predicted octanol–water partition coefficient (Wildman–Crippen LogP) is 3.43. The second-order valence-corrected chi connectivity index (χ2v) is 5.50. The molecule has 0 aliphatic heterocycles. The van der Waals surface area contributed by atoms with Gasteiger partial charge in [-0.25, -0.2) is 4.39 Å². The summed E-state index contributed by atoms with van der Waals surface area (Å²) in [5.41, 5.74) is -3.30. The van der Waals surface area contributed by atoms with Crippen LogP contribution in [0.4, 0.5) is 27.6 Å². The molecule has 0 unspecified atom stereocenters. The molecule has 1 aromatic carbocycles. The highest BCUT2D eigenvalue weighted by Gasteiger charge is 2.35. The Morgan fingerprint density at radius 3 is 2.44 bits per heavy atom.